The lowest BCUT2D eigenvalue weighted by atomic mass is 10.2. The van der Waals surface area contributed by atoms with E-state index >= 15 is 0 Å². The van der Waals surface area contributed by atoms with E-state index < -0.39 is 11.0 Å². The molecule has 1 saturated heterocycles. The number of halogens is 2. The van der Waals surface area contributed by atoms with Crippen molar-refractivity contribution >= 4 is 35.6 Å². The number of nitro benzene ring substituents is 1. The van der Waals surface area contributed by atoms with Gasteiger partial charge in [-0.05, 0) is 19.1 Å². The van der Waals surface area contributed by atoms with Crippen LogP contribution in [0.5, 0.6) is 5.75 Å². The van der Waals surface area contributed by atoms with Crippen molar-refractivity contribution < 1.29 is 14.5 Å². The van der Waals surface area contributed by atoms with Gasteiger partial charge in [-0.15, -0.1) is 12.4 Å². The molecule has 1 amide bonds. The summed E-state index contributed by atoms with van der Waals surface area (Å²) in [6.07, 6.45) is -0.789. The summed E-state index contributed by atoms with van der Waals surface area (Å²) in [6.45, 7) is 4.27. The number of carbonyl (C=O) groups is 1. The zero-order valence-corrected chi connectivity index (χ0v) is 13.5. The predicted molar refractivity (Wildman–Crippen MR) is 84.9 cm³/mol. The van der Waals surface area contributed by atoms with Gasteiger partial charge in [0.2, 0.25) is 0 Å². The Morgan fingerprint density at radius 2 is 2.09 bits per heavy atom. The van der Waals surface area contributed by atoms with E-state index in [1.807, 2.05) is 0 Å². The van der Waals surface area contributed by atoms with Gasteiger partial charge in [-0.25, -0.2) is 0 Å². The van der Waals surface area contributed by atoms with E-state index in [2.05, 4.69) is 5.32 Å². The van der Waals surface area contributed by atoms with E-state index in [1.54, 1.807) is 11.8 Å². The lowest BCUT2D eigenvalue weighted by Crippen LogP contribution is -2.50. The number of benzene rings is 1. The average molecular weight is 350 g/mol. The number of carbonyl (C=O) groups excluding carboxylic acids is 1. The zero-order valence-electron chi connectivity index (χ0n) is 12.0. The highest BCUT2D eigenvalue weighted by atomic mass is 35.5. The first-order valence-corrected chi connectivity index (χ1v) is 6.97. The first-order chi connectivity index (χ1) is 9.99. The van der Waals surface area contributed by atoms with Crippen molar-refractivity contribution in [3.63, 3.8) is 0 Å². The number of hydrogen-bond donors (Lipinski definition) is 1. The first-order valence-electron chi connectivity index (χ1n) is 6.59. The summed E-state index contributed by atoms with van der Waals surface area (Å²) >= 11 is 5.74. The summed E-state index contributed by atoms with van der Waals surface area (Å²) in [5, 5.41) is 14.4. The Hall–Kier alpha value is -1.57. The molecule has 0 spiro atoms. The molecule has 1 aromatic rings. The number of ether oxygens (including phenoxy) is 1. The third-order valence-electron chi connectivity index (χ3n) is 3.20. The Kier molecular flexibility index (Phi) is 6.86. The Morgan fingerprint density at radius 1 is 1.45 bits per heavy atom. The fourth-order valence-electron chi connectivity index (χ4n) is 2.12. The number of nitro groups is 1. The number of nitrogens with one attached hydrogen (secondary N) is 1. The fraction of sp³-hybridized carbons (Fsp3) is 0.462. The standard InChI is InChI=1S/C13H16ClN3O4.ClH/c1-9(13(18)16-6-4-15-5-7-16)21-12-3-2-10(14)8-11(12)17(19)20;/h2-3,8-9,15H,4-7H2,1H3;1H. The second-order valence-electron chi connectivity index (χ2n) is 4.70. The minimum absolute atomic E-state index is 0. The Bertz CT molecular complexity index is 550. The molecule has 9 heteroatoms. The van der Waals surface area contributed by atoms with Crippen molar-refractivity contribution in [3.8, 4) is 5.75 Å². The van der Waals surface area contributed by atoms with E-state index in [0.717, 1.165) is 13.1 Å². The largest absolute Gasteiger partial charge is 0.474 e. The molecule has 1 atom stereocenters. The minimum atomic E-state index is -0.789. The van der Waals surface area contributed by atoms with Crippen molar-refractivity contribution in [1.82, 2.24) is 10.2 Å². The highest BCUT2D eigenvalue weighted by Gasteiger charge is 2.26. The maximum Gasteiger partial charge on any atom is 0.312 e. The topological polar surface area (TPSA) is 84.7 Å². The molecule has 1 aliphatic heterocycles. The highest BCUT2D eigenvalue weighted by Crippen LogP contribution is 2.30. The van der Waals surface area contributed by atoms with Gasteiger partial charge in [-0.1, -0.05) is 11.6 Å². The molecule has 1 aliphatic rings. The van der Waals surface area contributed by atoms with Gasteiger partial charge < -0.3 is 15.0 Å². The minimum Gasteiger partial charge on any atom is -0.474 e. The maximum absolute atomic E-state index is 12.2. The fourth-order valence-corrected chi connectivity index (χ4v) is 2.28. The normalized spacial score (nSPS) is 15.6. The van der Waals surface area contributed by atoms with Gasteiger partial charge in [0, 0.05) is 37.3 Å². The smallest absolute Gasteiger partial charge is 0.312 e. The third-order valence-corrected chi connectivity index (χ3v) is 3.43. The van der Waals surface area contributed by atoms with Crippen molar-refractivity contribution in [2.75, 3.05) is 26.2 Å². The molecule has 0 bridgehead atoms. The Labute approximate surface area is 139 Å². The Balaban J connectivity index is 0.00000242. The SMILES string of the molecule is CC(Oc1ccc(Cl)cc1[N+](=O)[O-])C(=O)N1CCNCC1.Cl. The third kappa shape index (κ3) is 4.46. The molecule has 1 unspecified atom stereocenters. The summed E-state index contributed by atoms with van der Waals surface area (Å²) in [5.41, 5.74) is -0.248. The second-order valence-corrected chi connectivity index (χ2v) is 5.14. The molecule has 0 radical (unpaired) electrons. The average Bonchev–Trinajstić information content (AvgIpc) is 2.49. The molecule has 1 aromatic carbocycles. The monoisotopic (exact) mass is 349 g/mol. The molecular formula is C13H17Cl2N3O4. The molecule has 1 heterocycles. The molecule has 1 N–H and O–H groups in total. The quantitative estimate of drug-likeness (QED) is 0.662. The van der Waals surface area contributed by atoms with Crippen LogP contribution in [-0.2, 0) is 4.79 Å². The van der Waals surface area contributed by atoms with Crippen LogP contribution in [0.15, 0.2) is 18.2 Å². The molecule has 7 nitrogen and oxygen atoms in total. The van der Waals surface area contributed by atoms with Crippen molar-refractivity contribution in [1.29, 1.82) is 0 Å². The summed E-state index contributed by atoms with van der Waals surface area (Å²) in [4.78, 5) is 24.3. The van der Waals surface area contributed by atoms with Crippen molar-refractivity contribution in [3.05, 3.63) is 33.3 Å². The van der Waals surface area contributed by atoms with Crippen molar-refractivity contribution in [2.24, 2.45) is 0 Å². The van der Waals surface area contributed by atoms with E-state index in [4.69, 9.17) is 16.3 Å². The van der Waals surface area contributed by atoms with E-state index in [1.165, 1.54) is 18.2 Å². The van der Waals surface area contributed by atoms with Gasteiger partial charge in [-0.2, -0.15) is 0 Å². The molecule has 22 heavy (non-hydrogen) atoms. The molecular weight excluding hydrogens is 333 g/mol. The van der Waals surface area contributed by atoms with Crippen LogP contribution >= 0.6 is 24.0 Å². The van der Waals surface area contributed by atoms with E-state index in [9.17, 15) is 14.9 Å². The predicted octanol–water partition coefficient (Wildman–Crippen LogP) is 1.87. The van der Waals surface area contributed by atoms with Gasteiger partial charge in [-0.3, -0.25) is 14.9 Å². The van der Waals surface area contributed by atoms with Gasteiger partial charge in [0.1, 0.15) is 0 Å². The van der Waals surface area contributed by atoms with Gasteiger partial charge in [0.15, 0.2) is 11.9 Å². The van der Waals surface area contributed by atoms with Crippen LogP contribution in [0.2, 0.25) is 5.02 Å². The van der Waals surface area contributed by atoms with E-state index in [-0.39, 0.29) is 34.8 Å². The van der Waals surface area contributed by atoms with Crippen LogP contribution in [0.4, 0.5) is 5.69 Å². The number of piperazine rings is 1. The van der Waals surface area contributed by atoms with E-state index in [0.29, 0.717) is 13.1 Å². The van der Waals surface area contributed by atoms with Gasteiger partial charge >= 0.3 is 5.69 Å². The lowest BCUT2D eigenvalue weighted by Gasteiger charge is -2.29. The molecule has 1 fully saturated rings. The molecule has 122 valence electrons. The maximum atomic E-state index is 12.2. The first kappa shape index (κ1) is 18.5. The molecule has 2 rings (SSSR count). The van der Waals surface area contributed by atoms with Crippen LogP contribution in [0.3, 0.4) is 0 Å². The number of amides is 1. The van der Waals surface area contributed by atoms with Crippen molar-refractivity contribution in [2.45, 2.75) is 13.0 Å². The summed E-state index contributed by atoms with van der Waals surface area (Å²) < 4.78 is 5.46. The van der Waals surface area contributed by atoms with Gasteiger partial charge in [0.25, 0.3) is 5.91 Å². The second kappa shape index (κ2) is 8.17. The van der Waals surface area contributed by atoms with Crippen LogP contribution in [0.25, 0.3) is 0 Å². The Morgan fingerprint density at radius 3 is 2.68 bits per heavy atom. The van der Waals surface area contributed by atoms with Crippen LogP contribution in [0.1, 0.15) is 6.92 Å². The number of hydrogen-bond acceptors (Lipinski definition) is 5. The molecule has 0 saturated carbocycles. The molecule has 0 aliphatic carbocycles. The highest BCUT2D eigenvalue weighted by molar-refractivity contribution is 6.30. The molecule has 0 aromatic heterocycles. The summed E-state index contributed by atoms with van der Waals surface area (Å²) in [7, 11) is 0. The number of rotatable bonds is 4. The van der Waals surface area contributed by atoms with Crippen LogP contribution < -0.4 is 10.1 Å². The van der Waals surface area contributed by atoms with Gasteiger partial charge in [0.05, 0.1) is 4.92 Å². The lowest BCUT2D eigenvalue weighted by molar-refractivity contribution is -0.386. The summed E-state index contributed by atoms with van der Waals surface area (Å²) in [6, 6.07) is 4.10. The summed E-state index contributed by atoms with van der Waals surface area (Å²) in [5.74, 6) is -0.138. The van der Waals surface area contributed by atoms with Crippen LogP contribution in [-0.4, -0.2) is 48.0 Å². The zero-order chi connectivity index (χ0) is 15.4. The van der Waals surface area contributed by atoms with Crippen LogP contribution in [0, 0.1) is 10.1 Å². The number of nitrogens with zero attached hydrogens (tertiary/aromatic N) is 2.